The molecule has 2 aromatic rings. The third kappa shape index (κ3) is 3.89. The smallest absolute Gasteiger partial charge is 0.287 e. The zero-order valence-corrected chi connectivity index (χ0v) is 11.5. The molecule has 0 bridgehead atoms. The van der Waals surface area contributed by atoms with Crippen LogP contribution >= 0.6 is 12.2 Å². The van der Waals surface area contributed by atoms with Gasteiger partial charge in [-0.3, -0.25) is 10.6 Å². The van der Waals surface area contributed by atoms with E-state index < -0.39 is 0 Å². The molecule has 0 unspecified atom stereocenters. The zero-order valence-electron chi connectivity index (χ0n) is 10.7. The Kier molecular flexibility index (Phi) is 4.64. The van der Waals surface area contributed by atoms with Crippen molar-refractivity contribution in [2.45, 2.75) is 0 Å². The number of thiocarbonyl (C=S) groups is 1. The number of hydrogen-bond acceptors (Lipinski definition) is 1. The summed E-state index contributed by atoms with van der Waals surface area (Å²) in [7, 11) is 1.79. The summed E-state index contributed by atoms with van der Waals surface area (Å²) in [5.41, 5.74) is 2.05. The average molecular weight is 270 g/mol. The van der Waals surface area contributed by atoms with Crippen LogP contribution < -0.4 is 15.6 Å². The number of hydrogen-bond donors (Lipinski definition) is 3. The van der Waals surface area contributed by atoms with E-state index in [2.05, 4.69) is 15.6 Å². The number of amidine groups is 1. The van der Waals surface area contributed by atoms with Gasteiger partial charge in [-0.15, -0.1) is 0 Å². The van der Waals surface area contributed by atoms with Gasteiger partial charge in [0.2, 0.25) is 5.84 Å². The van der Waals surface area contributed by atoms with Gasteiger partial charge in [0.15, 0.2) is 0 Å². The number of rotatable bonds is 2. The van der Waals surface area contributed by atoms with E-state index in [0.29, 0.717) is 5.11 Å². The van der Waals surface area contributed by atoms with Gasteiger partial charge < -0.3 is 0 Å². The maximum Gasteiger partial charge on any atom is 0.287 e. The van der Waals surface area contributed by atoms with Crippen LogP contribution in [0.3, 0.4) is 0 Å². The fraction of sp³-hybridized carbons (Fsp3) is 0.0667. The SMILES string of the molecule is CNC(=S)[NH+]=C(Nc1ccccc1)c1ccccc1. The molecule has 0 heterocycles. The van der Waals surface area contributed by atoms with Crippen molar-refractivity contribution < 1.29 is 4.99 Å². The van der Waals surface area contributed by atoms with Gasteiger partial charge in [-0.2, -0.15) is 0 Å². The molecular weight excluding hydrogens is 254 g/mol. The topological polar surface area (TPSA) is 38.0 Å². The fourth-order valence-corrected chi connectivity index (χ4v) is 1.72. The molecule has 2 rings (SSSR count). The molecule has 4 heteroatoms. The van der Waals surface area contributed by atoms with Crippen LogP contribution in [0.4, 0.5) is 5.69 Å². The summed E-state index contributed by atoms with van der Waals surface area (Å²) < 4.78 is 0. The van der Waals surface area contributed by atoms with Crippen LogP contribution in [0.5, 0.6) is 0 Å². The highest BCUT2D eigenvalue weighted by molar-refractivity contribution is 7.79. The number of benzene rings is 2. The Morgan fingerprint density at radius 1 is 0.947 bits per heavy atom. The maximum atomic E-state index is 5.16. The van der Waals surface area contributed by atoms with Crippen molar-refractivity contribution >= 4 is 28.9 Å². The Morgan fingerprint density at radius 3 is 2.11 bits per heavy atom. The van der Waals surface area contributed by atoms with E-state index in [-0.39, 0.29) is 0 Å². The molecule has 0 spiro atoms. The predicted octanol–water partition coefficient (Wildman–Crippen LogP) is 1.13. The predicted molar refractivity (Wildman–Crippen MR) is 83.2 cm³/mol. The van der Waals surface area contributed by atoms with E-state index in [4.69, 9.17) is 12.2 Å². The molecule has 0 aliphatic rings. The Labute approximate surface area is 118 Å². The standard InChI is InChI=1S/C15H15N3S/c1-16-15(19)18-14(12-8-4-2-5-9-12)17-13-10-6-3-7-11-13/h2-11H,1H3,(H2,16,17,18,19)/p+1. The molecule has 3 N–H and O–H groups in total. The van der Waals surface area contributed by atoms with Crippen molar-refractivity contribution in [2.75, 3.05) is 12.4 Å². The molecule has 0 aliphatic carbocycles. The normalized spacial score (nSPS) is 10.9. The molecule has 0 radical (unpaired) electrons. The highest BCUT2D eigenvalue weighted by Gasteiger charge is 2.09. The second-order valence-corrected chi connectivity index (χ2v) is 4.34. The van der Waals surface area contributed by atoms with Crippen LogP contribution in [0.2, 0.25) is 0 Å². The van der Waals surface area contributed by atoms with Crippen molar-refractivity contribution in [3.05, 3.63) is 66.2 Å². The summed E-state index contributed by atoms with van der Waals surface area (Å²) in [5, 5.41) is 6.82. The second-order valence-electron chi connectivity index (χ2n) is 3.94. The molecule has 19 heavy (non-hydrogen) atoms. The van der Waals surface area contributed by atoms with Gasteiger partial charge in [0, 0.05) is 5.56 Å². The monoisotopic (exact) mass is 270 g/mol. The Balaban J connectivity index is 2.30. The first kappa shape index (κ1) is 13.2. The van der Waals surface area contributed by atoms with Crippen LogP contribution in [0.25, 0.3) is 0 Å². The van der Waals surface area contributed by atoms with Gasteiger partial charge in [-0.05, 0) is 36.5 Å². The fourth-order valence-electron chi connectivity index (χ4n) is 1.62. The van der Waals surface area contributed by atoms with Crippen molar-refractivity contribution in [3.63, 3.8) is 0 Å². The highest BCUT2D eigenvalue weighted by atomic mass is 32.1. The first-order valence-electron chi connectivity index (χ1n) is 6.03. The zero-order chi connectivity index (χ0) is 13.5. The quantitative estimate of drug-likeness (QED) is 0.435. The summed E-state index contributed by atoms with van der Waals surface area (Å²) >= 11 is 5.16. The van der Waals surface area contributed by atoms with E-state index in [1.165, 1.54) is 0 Å². The largest absolute Gasteiger partial charge is 0.299 e. The Hall–Kier alpha value is -2.20. The van der Waals surface area contributed by atoms with Crippen molar-refractivity contribution in [3.8, 4) is 0 Å². The van der Waals surface area contributed by atoms with E-state index in [9.17, 15) is 0 Å². The lowest BCUT2D eigenvalue weighted by Crippen LogP contribution is -2.81. The molecule has 96 valence electrons. The van der Waals surface area contributed by atoms with Crippen LogP contribution in [-0.2, 0) is 0 Å². The summed E-state index contributed by atoms with van der Waals surface area (Å²) in [6.45, 7) is 0. The molecule has 0 aromatic heterocycles. The Morgan fingerprint density at radius 2 is 1.53 bits per heavy atom. The molecule has 0 saturated heterocycles. The summed E-state index contributed by atoms with van der Waals surface area (Å²) in [6.07, 6.45) is 0. The van der Waals surface area contributed by atoms with Gasteiger partial charge >= 0.3 is 0 Å². The third-order valence-corrected chi connectivity index (χ3v) is 2.88. The van der Waals surface area contributed by atoms with Gasteiger partial charge in [0.05, 0.1) is 12.7 Å². The van der Waals surface area contributed by atoms with Crippen LogP contribution in [-0.4, -0.2) is 18.0 Å². The minimum absolute atomic E-state index is 0.572. The average Bonchev–Trinajstić information content (AvgIpc) is 2.48. The van der Waals surface area contributed by atoms with E-state index >= 15 is 0 Å². The second kappa shape index (κ2) is 6.66. The van der Waals surface area contributed by atoms with Crippen LogP contribution in [0.15, 0.2) is 60.7 Å². The first-order chi connectivity index (χ1) is 9.29. The molecule has 0 amide bonds. The summed E-state index contributed by atoms with van der Waals surface area (Å²) in [5.74, 6) is 0.853. The third-order valence-electron chi connectivity index (χ3n) is 2.57. The lowest BCUT2D eigenvalue weighted by molar-refractivity contribution is -0.314. The molecule has 0 aliphatic heterocycles. The van der Waals surface area contributed by atoms with Gasteiger partial charge in [-0.25, -0.2) is 4.99 Å². The number of para-hydroxylation sites is 1. The molecule has 0 fully saturated rings. The van der Waals surface area contributed by atoms with Crippen LogP contribution in [0.1, 0.15) is 5.56 Å². The molecule has 0 saturated carbocycles. The lowest BCUT2D eigenvalue weighted by Gasteiger charge is -2.06. The van der Waals surface area contributed by atoms with Gasteiger partial charge in [0.1, 0.15) is 0 Å². The number of nitrogens with one attached hydrogen (secondary N) is 3. The van der Waals surface area contributed by atoms with Crippen molar-refractivity contribution in [1.29, 1.82) is 0 Å². The lowest BCUT2D eigenvalue weighted by atomic mass is 10.2. The molecular formula is C15H16N3S+. The summed E-state index contributed by atoms with van der Waals surface area (Å²) in [4.78, 5) is 3.16. The minimum atomic E-state index is 0.572. The van der Waals surface area contributed by atoms with E-state index in [0.717, 1.165) is 17.1 Å². The first-order valence-corrected chi connectivity index (χ1v) is 6.43. The minimum Gasteiger partial charge on any atom is -0.299 e. The van der Waals surface area contributed by atoms with Crippen LogP contribution in [0, 0.1) is 0 Å². The molecule has 2 aromatic carbocycles. The summed E-state index contributed by atoms with van der Waals surface area (Å²) in [6, 6.07) is 20.0. The maximum absolute atomic E-state index is 5.16. The highest BCUT2D eigenvalue weighted by Crippen LogP contribution is 2.07. The van der Waals surface area contributed by atoms with Gasteiger partial charge in [-0.1, -0.05) is 36.4 Å². The molecule has 0 atom stereocenters. The van der Waals surface area contributed by atoms with Crippen molar-refractivity contribution in [1.82, 2.24) is 5.32 Å². The van der Waals surface area contributed by atoms with E-state index in [1.807, 2.05) is 60.7 Å². The Bertz CT molecular complexity index is 564. The van der Waals surface area contributed by atoms with Gasteiger partial charge in [0.25, 0.3) is 5.11 Å². The number of anilines is 1. The van der Waals surface area contributed by atoms with E-state index in [1.54, 1.807) is 7.05 Å². The molecule has 3 nitrogen and oxygen atoms in total. The van der Waals surface area contributed by atoms with Crippen molar-refractivity contribution in [2.24, 2.45) is 0 Å².